The maximum Gasteiger partial charge on any atom is 0.0937 e. The van der Waals surface area contributed by atoms with Crippen molar-refractivity contribution in [3.05, 3.63) is 16.6 Å². The van der Waals surface area contributed by atoms with Gasteiger partial charge in [0.1, 0.15) is 0 Å². The Bertz CT molecular complexity index is 323. The van der Waals surface area contributed by atoms with Gasteiger partial charge in [0.2, 0.25) is 0 Å². The van der Waals surface area contributed by atoms with Gasteiger partial charge < -0.3 is 5.32 Å². The molecule has 4 heteroatoms. The summed E-state index contributed by atoms with van der Waals surface area (Å²) in [5.74, 6) is 0.713. The molecule has 0 amide bonds. The summed E-state index contributed by atoms with van der Waals surface area (Å²) in [5, 5.41) is 6.96. The topological polar surface area (TPSA) is 28.2 Å². The van der Waals surface area contributed by atoms with Crippen molar-refractivity contribution >= 4 is 11.3 Å². The number of nitrogens with zero attached hydrogens (tertiary/aromatic N) is 2. The minimum absolute atomic E-state index is 0.641. The van der Waals surface area contributed by atoms with Crippen LogP contribution >= 0.6 is 11.3 Å². The molecule has 0 aliphatic carbocycles. The summed E-state index contributed by atoms with van der Waals surface area (Å²) in [7, 11) is 0. The molecule has 1 fully saturated rings. The first kappa shape index (κ1) is 13.0. The first-order valence-electron chi connectivity index (χ1n) is 6.52. The van der Waals surface area contributed by atoms with Crippen LogP contribution in [-0.2, 0) is 6.42 Å². The van der Waals surface area contributed by atoms with Gasteiger partial charge in [-0.2, -0.15) is 0 Å². The molecular formula is C13H23N3S. The Morgan fingerprint density at radius 2 is 2.41 bits per heavy atom. The molecule has 0 saturated carbocycles. The van der Waals surface area contributed by atoms with Crippen molar-refractivity contribution in [2.75, 3.05) is 19.6 Å². The Morgan fingerprint density at radius 1 is 1.59 bits per heavy atom. The van der Waals surface area contributed by atoms with Crippen molar-refractivity contribution in [2.24, 2.45) is 5.92 Å². The van der Waals surface area contributed by atoms with E-state index in [-0.39, 0.29) is 0 Å². The molecule has 1 saturated heterocycles. The number of nitrogens with one attached hydrogen (secondary N) is 1. The lowest BCUT2D eigenvalue weighted by atomic mass is 10.00. The van der Waals surface area contributed by atoms with E-state index in [1.165, 1.54) is 11.6 Å². The first-order valence-corrected chi connectivity index (χ1v) is 7.40. The van der Waals surface area contributed by atoms with Crippen LogP contribution in [0.2, 0.25) is 0 Å². The highest BCUT2D eigenvalue weighted by Gasteiger charge is 2.26. The Kier molecular flexibility index (Phi) is 4.54. The molecule has 0 bridgehead atoms. The van der Waals surface area contributed by atoms with Gasteiger partial charge in [0, 0.05) is 49.7 Å². The van der Waals surface area contributed by atoms with E-state index in [2.05, 4.69) is 41.4 Å². The molecular weight excluding hydrogens is 230 g/mol. The second kappa shape index (κ2) is 5.94. The summed E-state index contributed by atoms with van der Waals surface area (Å²) in [6, 6.07) is 1.28. The van der Waals surface area contributed by atoms with Gasteiger partial charge in [-0.25, -0.2) is 4.98 Å². The van der Waals surface area contributed by atoms with Crippen LogP contribution in [0.4, 0.5) is 0 Å². The Morgan fingerprint density at radius 3 is 3.06 bits per heavy atom. The minimum atomic E-state index is 0.641. The number of hydrogen-bond acceptors (Lipinski definition) is 4. The molecule has 1 N–H and O–H groups in total. The molecule has 2 unspecified atom stereocenters. The third-order valence-electron chi connectivity index (χ3n) is 3.63. The highest BCUT2D eigenvalue weighted by Crippen LogP contribution is 2.14. The molecule has 1 aliphatic rings. The Hall–Kier alpha value is -0.450. The van der Waals surface area contributed by atoms with Gasteiger partial charge in [-0.3, -0.25) is 4.90 Å². The molecule has 0 radical (unpaired) electrons. The molecule has 3 nitrogen and oxygen atoms in total. The van der Waals surface area contributed by atoms with Gasteiger partial charge in [-0.15, -0.1) is 11.3 Å². The van der Waals surface area contributed by atoms with E-state index in [0.29, 0.717) is 18.0 Å². The molecule has 2 rings (SSSR count). The molecule has 2 atom stereocenters. The van der Waals surface area contributed by atoms with E-state index >= 15 is 0 Å². The van der Waals surface area contributed by atoms with E-state index < -0.39 is 0 Å². The average molecular weight is 253 g/mol. The van der Waals surface area contributed by atoms with Crippen LogP contribution in [0.25, 0.3) is 0 Å². The van der Waals surface area contributed by atoms with Crippen LogP contribution in [0.15, 0.2) is 11.6 Å². The predicted molar refractivity (Wildman–Crippen MR) is 73.5 cm³/mol. The standard InChI is InChI=1S/C13H23N3S/c1-10(2)12-9-16(11(3)8-15-12)6-4-13-14-5-7-17-13/h5,7,10-12,15H,4,6,8-9H2,1-3H3. The number of rotatable bonds is 4. The maximum absolute atomic E-state index is 4.36. The average Bonchev–Trinajstić information content (AvgIpc) is 2.80. The monoisotopic (exact) mass is 253 g/mol. The van der Waals surface area contributed by atoms with Crippen LogP contribution < -0.4 is 5.32 Å². The van der Waals surface area contributed by atoms with Gasteiger partial charge in [-0.05, 0) is 12.8 Å². The summed E-state index contributed by atoms with van der Waals surface area (Å²) in [4.78, 5) is 6.96. The normalized spacial score (nSPS) is 26.6. The zero-order valence-corrected chi connectivity index (χ0v) is 11.8. The summed E-state index contributed by atoms with van der Waals surface area (Å²) in [6.45, 7) is 10.3. The number of thiazole rings is 1. The smallest absolute Gasteiger partial charge is 0.0937 e. The lowest BCUT2D eigenvalue weighted by Gasteiger charge is -2.40. The second-order valence-corrected chi connectivity index (χ2v) is 6.26. The van der Waals surface area contributed by atoms with Crippen molar-refractivity contribution in [1.29, 1.82) is 0 Å². The Labute approximate surface area is 108 Å². The van der Waals surface area contributed by atoms with E-state index in [1.54, 1.807) is 11.3 Å². The molecule has 0 spiro atoms. The summed E-state index contributed by atoms with van der Waals surface area (Å²) < 4.78 is 0. The lowest BCUT2D eigenvalue weighted by Crippen LogP contribution is -2.57. The fraction of sp³-hybridized carbons (Fsp3) is 0.769. The van der Waals surface area contributed by atoms with Crippen molar-refractivity contribution in [2.45, 2.75) is 39.3 Å². The summed E-state index contributed by atoms with van der Waals surface area (Å²) in [6.07, 6.45) is 2.99. The van der Waals surface area contributed by atoms with Crippen molar-refractivity contribution < 1.29 is 0 Å². The van der Waals surface area contributed by atoms with Gasteiger partial charge in [0.25, 0.3) is 0 Å². The van der Waals surface area contributed by atoms with Crippen LogP contribution in [0.3, 0.4) is 0 Å². The fourth-order valence-corrected chi connectivity index (χ4v) is 2.93. The van der Waals surface area contributed by atoms with Gasteiger partial charge >= 0.3 is 0 Å². The molecule has 1 aromatic heterocycles. The van der Waals surface area contributed by atoms with Gasteiger partial charge in [0.15, 0.2) is 0 Å². The minimum Gasteiger partial charge on any atom is -0.311 e. The molecule has 17 heavy (non-hydrogen) atoms. The van der Waals surface area contributed by atoms with Gasteiger partial charge in [-0.1, -0.05) is 13.8 Å². The molecule has 96 valence electrons. The number of piperazine rings is 1. The highest BCUT2D eigenvalue weighted by molar-refractivity contribution is 7.09. The van der Waals surface area contributed by atoms with E-state index in [0.717, 1.165) is 19.5 Å². The Balaban J connectivity index is 1.85. The zero-order valence-electron chi connectivity index (χ0n) is 11.0. The molecule has 1 aromatic rings. The lowest BCUT2D eigenvalue weighted by molar-refractivity contribution is 0.124. The molecule has 0 aromatic carbocycles. The zero-order chi connectivity index (χ0) is 12.3. The van der Waals surface area contributed by atoms with Crippen LogP contribution in [0.1, 0.15) is 25.8 Å². The first-order chi connectivity index (χ1) is 8.16. The van der Waals surface area contributed by atoms with E-state index in [9.17, 15) is 0 Å². The van der Waals surface area contributed by atoms with Crippen LogP contribution in [-0.4, -0.2) is 41.6 Å². The second-order valence-electron chi connectivity index (χ2n) is 5.28. The summed E-state index contributed by atoms with van der Waals surface area (Å²) >= 11 is 1.77. The highest BCUT2D eigenvalue weighted by atomic mass is 32.1. The molecule has 2 heterocycles. The number of aromatic nitrogens is 1. The van der Waals surface area contributed by atoms with Crippen LogP contribution in [0, 0.1) is 5.92 Å². The maximum atomic E-state index is 4.36. The third-order valence-corrected chi connectivity index (χ3v) is 4.47. The van der Waals surface area contributed by atoms with E-state index in [1.807, 2.05) is 6.20 Å². The quantitative estimate of drug-likeness (QED) is 0.889. The number of hydrogen-bond donors (Lipinski definition) is 1. The third kappa shape index (κ3) is 3.50. The van der Waals surface area contributed by atoms with Crippen molar-refractivity contribution in [3.8, 4) is 0 Å². The van der Waals surface area contributed by atoms with Crippen LogP contribution in [0.5, 0.6) is 0 Å². The largest absolute Gasteiger partial charge is 0.311 e. The van der Waals surface area contributed by atoms with Gasteiger partial charge in [0.05, 0.1) is 5.01 Å². The predicted octanol–water partition coefficient (Wildman–Crippen LogP) is 2.00. The fourth-order valence-electron chi connectivity index (χ4n) is 2.32. The molecule has 1 aliphatic heterocycles. The van der Waals surface area contributed by atoms with E-state index in [4.69, 9.17) is 0 Å². The van der Waals surface area contributed by atoms with Crippen molar-refractivity contribution in [1.82, 2.24) is 15.2 Å². The summed E-state index contributed by atoms with van der Waals surface area (Å²) in [5.41, 5.74) is 0. The van der Waals surface area contributed by atoms with Crippen molar-refractivity contribution in [3.63, 3.8) is 0 Å². The SMILES string of the molecule is CC(C)C1CN(CCc2nccs2)C(C)CN1.